The van der Waals surface area contributed by atoms with Gasteiger partial charge in [-0.1, -0.05) is 0 Å². The van der Waals surface area contributed by atoms with E-state index in [1.165, 1.54) is 6.08 Å². The molecule has 0 saturated heterocycles. The fourth-order valence-electron chi connectivity index (χ4n) is 1.14. The molecule has 0 aliphatic rings. The van der Waals surface area contributed by atoms with Crippen molar-refractivity contribution < 1.29 is 4.79 Å². The molecule has 64 valence electrons. The van der Waals surface area contributed by atoms with E-state index in [1.807, 2.05) is 0 Å². The Morgan fingerprint density at radius 2 is 2.46 bits per heavy atom. The Bertz CT molecular complexity index is 496. The third-order valence-electron chi connectivity index (χ3n) is 1.61. The molecule has 0 unspecified atom stereocenters. The first-order valence-electron chi connectivity index (χ1n) is 3.71. The van der Waals surface area contributed by atoms with Crippen LogP contribution in [0, 0.1) is 6.92 Å². The summed E-state index contributed by atoms with van der Waals surface area (Å²) in [6, 6.07) is 3.44. The largest absolute Gasteiger partial charge is 0.240 e. The van der Waals surface area contributed by atoms with Crippen LogP contribution in [0.25, 0.3) is 5.65 Å². The molecule has 0 aromatic carbocycles. The molecule has 0 fully saturated rings. The molecule has 0 spiro atoms. The van der Waals surface area contributed by atoms with Crippen LogP contribution >= 0.6 is 0 Å². The Hall–Kier alpha value is -2.00. The van der Waals surface area contributed by atoms with Crippen molar-refractivity contribution in [3.8, 4) is 0 Å². The van der Waals surface area contributed by atoms with E-state index in [4.69, 9.17) is 0 Å². The zero-order chi connectivity index (χ0) is 9.26. The van der Waals surface area contributed by atoms with Gasteiger partial charge in [-0.2, -0.15) is 10.1 Å². The first-order chi connectivity index (χ1) is 6.31. The second kappa shape index (κ2) is 2.80. The molecule has 2 heterocycles. The number of rotatable bonds is 1. The van der Waals surface area contributed by atoms with E-state index in [0.717, 1.165) is 0 Å². The normalized spacial score (nSPS) is 9.92. The van der Waals surface area contributed by atoms with Crippen LogP contribution < -0.4 is 0 Å². The van der Waals surface area contributed by atoms with Gasteiger partial charge in [0.1, 0.15) is 11.5 Å². The van der Waals surface area contributed by atoms with Crippen molar-refractivity contribution in [1.82, 2.24) is 14.6 Å². The minimum Gasteiger partial charge on any atom is -0.219 e. The van der Waals surface area contributed by atoms with E-state index < -0.39 is 0 Å². The van der Waals surface area contributed by atoms with Crippen molar-refractivity contribution in [2.45, 2.75) is 6.92 Å². The van der Waals surface area contributed by atoms with Crippen molar-refractivity contribution in [3.63, 3.8) is 0 Å². The van der Waals surface area contributed by atoms with Gasteiger partial charge in [0, 0.05) is 6.20 Å². The summed E-state index contributed by atoms with van der Waals surface area (Å²) in [6.45, 7) is 1.78. The maximum Gasteiger partial charge on any atom is 0.240 e. The van der Waals surface area contributed by atoms with Gasteiger partial charge in [0.2, 0.25) is 6.08 Å². The average molecular weight is 174 g/mol. The maximum atomic E-state index is 10.1. The molecule has 0 aliphatic heterocycles. The first kappa shape index (κ1) is 7.64. The zero-order valence-corrected chi connectivity index (χ0v) is 6.93. The Balaban J connectivity index is 2.81. The monoisotopic (exact) mass is 174 g/mol. The molecule has 2 aromatic heterocycles. The van der Waals surface area contributed by atoms with Gasteiger partial charge in [0.25, 0.3) is 0 Å². The van der Waals surface area contributed by atoms with Gasteiger partial charge < -0.3 is 0 Å². The molecule has 2 rings (SSSR count). The zero-order valence-electron chi connectivity index (χ0n) is 6.93. The van der Waals surface area contributed by atoms with Gasteiger partial charge in [-0.05, 0) is 19.1 Å². The summed E-state index contributed by atoms with van der Waals surface area (Å²) in [6.07, 6.45) is 3.23. The van der Waals surface area contributed by atoms with Gasteiger partial charge in [-0.25, -0.2) is 14.3 Å². The van der Waals surface area contributed by atoms with E-state index in [9.17, 15) is 4.79 Å². The molecule has 13 heavy (non-hydrogen) atoms. The van der Waals surface area contributed by atoms with Crippen LogP contribution in [-0.2, 0) is 4.79 Å². The number of nitrogens with zero attached hydrogens (tertiary/aromatic N) is 4. The lowest BCUT2D eigenvalue weighted by molar-refractivity contribution is 0.565. The van der Waals surface area contributed by atoms with Gasteiger partial charge in [0.15, 0.2) is 5.65 Å². The summed E-state index contributed by atoms with van der Waals surface area (Å²) >= 11 is 0. The predicted molar refractivity (Wildman–Crippen MR) is 45.5 cm³/mol. The maximum absolute atomic E-state index is 10.1. The topological polar surface area (TPSA) is 59.6 Å². The molecule has 0 bridgehead atoms. The second-order valence-corrected chi connectivity index (χ2v) is 2.52. The Kier molecular flexibility index (Phi) is 1.65. The quantitative estimate of drug-likeness (QED) is 0.478. The van der Waals surface area contributed by atoms with Gasteiger partial charge in [0.05, 0.1) is 0 Å². The number of aliphatic imine (C=N–C) groups is 1. The highest BCUT2D eigenvalue weighted by Crippen LogP contribution is 2.16. The molecule has 2 aromatic rings. The highest BCUT2D eigenvalue weighted by molar-refractivity contribution is 5.66. The van der Waals surface area contributed by atoms with Gasteiger partial charge >= 0.3 is 0 Å². The summed E-state index contributed by atoms with van der Waals surface area (Å²) < 4.78 is 1.57. The Morgan fingerprint density at radius 3 is 3.23 bits per heavy atom. The number of fused-ring (bicyclic) bond motifs is 1. The number of carbonyl (C=O) groups excluding carboxylic acids is 1. The fraction of sp³-hybridized carbons (Fsp3) is 0.125. The number of hydrogen-bond acceptors (Lipinski definition) is 4. The first-order valence-corrected chi connectivity index (χ1v) is 3.71. The van der Waals surface area contributed by atoms with Crippen molar-refractivity contribution in [2.75, 3.05) is 0 Å². The minimum atomic E-state index is 0.484. The van der Waals surface area contributed by atoms with Crippen LogP contribution in [0.5, 0.6) is 0 Å². The van der Waals surface area contributed by atoms with Crippen molar-refractivity contribution >= 4 is 17.4 Å². The van der Waals surface area contributed by atoms with Crippen molar-refractivity contribution in [3.05, 3.63) is 24.2 Å². The summed E-state index contributed by atoms with van der Waals surface area (Å²) in [5.74, 6) is 0.647. The molecule has 0 aliphatic carbocycles. The number of aryl methyl sites for hydroxylation is 1. The Morgan fingerprint density at radius 1 is 1.62 bits per heavy atom. The second-order valence-electron chi connectivity index (χ2n) is 2.52. The van der Waals surface area contributed by atoms with Crippen LogP contribution in [0.4, 0.5) is 5.69 Å². The van der Waals surface area contributed by atoms with Crippen LogP contribution in [-0.4, -0.2) is 20.7 Å². The molecule has 5 heteroatoms. The van der Waals surface area contributed by atoms with Gasteiger partial charge in [-0.3, -0.25) is 0 Å². The van der Waals surface area contributed by atoms with Crippen LogP contribution in [0.3, 0.4) is 0 Å². The molecular weight excluding hydrogens is 168 g/mol. The molecule has 0 saturated carbocycles. The summed E-state index contributed by atoms with van der Waals surface area (Å²) in [4.78, 5) is 17.7. The van der Waals surface area contributed by atoms with Gasteiger partial charge in [-0.15, -0.1) is 0 Å². The minimum absolute atomic E-state index is 0.484. The number of aromatic nitrogens is 3. The summed E-state index contributed by atoms with van der Waals surface area (Å²) in [7, 11) is 0. The molecule has 5 nitrogen and oxygen atoms in total. The smallest absolute Gasteiger partial charge is 0.219 e. The third kappa shape index (κ3) is 1.21. The van der Waals surface area contributed by atoms with Crippen LogP contribution in [0.15, 0.2) is 23.3 Å². The van der Waals surface area contributed by atoms with E-state index in [2.05, 4.69) is 15.1 Å². The fourth-order valence-corrected chi connectivity index (χ4v) is 1.14. The lowest BCUT2D eigenvalue weighted by Gasteiger charge is -1.91. The predicted octanol–water partition coefficient (Wildman–Crippen LogP) is 1.01. The van der Waals surface area contributed by atoms with Crippen LogP contribution in [0.2, 0.25) is 0 Å². The van der Waals surface area contributed by atoms with E-state index in [1.54, 1.807) is 29.8 Å². The lowest BCUT2D eigenvalue weighted by Crippen LogP contribution is -1.85. The number of pyridine rings is 1. The molecule has 0 amide bonds. The van der Waals surface area contributed by atoms with Crippen molar-refractivity contribution in [1.29, 1.82) is 0 Å². The SMILES string of the molecule is Cc1nc2c(N=C=O)cccn2n1. The van der Waals surface area contributed by atoms with E-state index >= 15 is 0 Å². The molecular formula is C8H6N4O. The molecule has 0 radical (unpaired) electrons. The Labute approximate surface area is 73.7 Å². The average Bonchev–Trinajstić information content (AvgIpc) is 2.47. The summed E-state index contributed by atoms with van der Waals surface area (Å²) in [5, 5.41) is 4.07. The lowest BCUT2D eigenvalue weighted by atomic mass is 10.4. The van der Waals surface area contributed by atoms with E-state index in [-0.39, 0.29) is 0 Å². The molecule has 0 N–H and O–H groups in total. The summed E-state index contributed by atoms with van der Waals surface area (Å²) in [5.41, 5.74) is 1.06. The highest BCUT2D eigenvalue weighted by atomic mass is 16.1. The molecule has 0 atom stereocenters. The number of isocyanates is 1. The number of hydrogen-bond donors (Lipinski definition) is 0. The van der Waals surface area contributed by atoms with E-state index in [0.29, 0.717) is 17.2 Å². The highest BCUT2D eigenvalue weighted by Gasteiger charge is 2.03. The van der Waals surface area contributed by atoms with Crippen LogP contribution in [0.1, 0.15) is 5.82 Å². The standard InChI is InChI=1S/C8H6N4O/c1-6-10-8-7(9-5-13)3-2-4-12(8)11-6/h2-4H,1H3. The third-order valence-corrected chi connectivity index (χ3v) is 1.61. The van der Waals surface area contributed by atoms with Crippen molar-refractivity contribution in [2.24, 2.45) is 4.99 Å².